The lowest BCUT2D eigenvalue weighted by Crippen LogP contribution is -2.47. The van der Waals surface area contributed by atoms with Crippen molar-refractivity contribution in [2.24, 2.45) is 0 Å². The van der Waals surface area contributed by atoms with E-state index in [2.05, 4.69) is 5.32 Å². The van der Waals surface area contributed by atoms with Crippen LogP contribution >= 0.6 is 0 Å². The Labute approximate surface area is 149 Å². The van der Waals surface area contributed by atoms with Gasteiger partial charge in [-0.3, -0.25) is 24.1 Å². The molecule has 0 radical (unpaired) electrons. The predicted molar refractivity (Wildman–Crippen MR) is 93.7 cm³/mol. The number of carbonyl (C=O) groups excluding carboxylic acids is 3. The fraction of sp³-hybridized carbons (Fsp3) is 0.222. The van der Waals surface area contributed by atoms with Gasteiger partial charge in [-0.15, -0.1) is 0 Å². The van der Waals surface area contributed by atoms with E-state index in [4.69, 9.17) is 4.74 Å². The van der Waals surface area contributed by atoms with Gasteiger partial charge in [-0.05, 0) is 25.1 Å². The molecule has 2 heterocycles. The number of rotatable bonds is 4. The highest BCUT2D eigenvalue weighted by Crippen LogP contribution is 2.29. The van der Waals surface area contributed by atoms with Crippen LogP contribution in [0, 0.1) is 0 Å². The van der Waals surface area contributed by atoms with Gasteiger partial charge in [-0.2, -0.15) is 0 Å². The second kappa shape index (κ2) is 7.22. The Kier molecular flexibility index (Phi) is 4.83. The van der Waals surface area contributed by atoms with Crippen LogP contribution in [0.15, 0.2) is 53.5 Å². The molecular formula is C18H17N3O5. The normalized spacial score (nSPS) is 14.2. The maximum Gasteiger partial charge on any atom is 0.326 e. The van der Waals surface area contributed by atoms with Crippen molar-refractivity contribution < 1.29 is 19.1 Å². The van der Waals surface area contributed by atoms with Crippen molar-refractivity contribution in [3.63, 3.8) is 0 Å². The van der Waals surface area contributed by atoms with Crippen LogP contribution in [-0.2, 0) is 25.7 Å². The first-order valence-corrected chi connectivity index (χ1v) is 8.01. The summed E-state index contributed by atoms with van der Waals surface area (Å²) in [6.07, 6.45) is 0.363. The van der Waals surface area contributed by atoms with E-state index >= 15 is 0 Å². The second-order valence-electron chi connectivity index (χ2n) is 5.79. The van der Waals surface area contributed by atoms with Crippen LogP contribution in [0.5, 0.6) is 0 Å². The number of hydrogen-bond donors (Lipinski definition) is 1. The Morgan fingerprint density at radius 3 is 2.65 bits per heavy atom. The zero-order chi connectivity index (χ0) is 18.7. The van der Waals surface area contributed by atoms with E-state index in [-0.39, 0.29) is 24.6 Å². The lowest BCUT2D eigenvalue weighted by Gasteiger charge is -2.30. The summed E-state index contributed by atoms with van der Waals surface area (Å²) in [6.45, 7) is 0.980. The Bertz CT molecular complexity index is 921. The van der Waals surface area contributed by atoms with Crippen LogP contribution in [0.3, 0.4) is 0 Å². The van der Waals surface area contributed by atoms with Crippen molar-refractivity contribution in [2.45, 2.75) is 19.6 Å². The third-order valence-corrected chi connectivity index (χ3v) is 3.89. The summed E-state index contributed by atoms with van der Waals surface area (Å²) in [7, 11) is 0. The molecule has 26 heavy (non-hydrogen) atoms. The standard InChI is InChI=1S/C18H17N3O5/c1-12(26-17(24)11-20-9-5-4-8-16(20)23)18(25)21-10-15(22)19-13-6-2-3-7-14(13)21/h2-9,12H,10-11H2,1H3,(H,19,22)/t12-/m0/s1. The molecule has 2 aromatic rings. The number of amides is 2. The molecule has 0 spiro atoms. The molecule has 1 aliphatic heterocycles. The zero-order valence-corrected chi connectivity index (χ0v) is 14.0. The summed E-state index contributed by atoms with van der Waals surface area (Å²) in [4.78, 5) is 49.4. The van der Waals surface area contributed by atoms with E-state index in [1.165, 1.54) is 28.7 Å². The number of para-hydroxylation sites is 2. The molecule has 1 aliphatic rings. The molecule has 3 rings (SSSR count). The van der Waals surface area contributed by atoms with Crippen molar-refractivity contribution in [3.05, 3.63) is 59.0 Å². The lowest BCUT2D eigenvalue weighted by atomic mass is 10.1. The molecule has 1 atom stereocenters. The van der Waals surface area contributed by atoms with E-state index < -0.39 is 18.0 Å². The first-order chi connectivity index (χ1) is 12.5. The van der Waals surface area contributed by atoms with Gasteiger partial charge in [0.15, 0.2) is 6.10 Å². The maximum atomic E-state index is 12.7. The van der Waals surface area contributed by atoms with Gasteiger partial charge >= 0.3 is 5.97 Å². The molecule has 1 aromatic carbocycles. The number of esters is 1. The molecule has 134 valence electrons. The Hall–Kier alpha value is -3.42. The van der Waals surface area contributed by atoms with Gasteiger partial charge < -0.3 is 14.6 Å². The Morgan fingerprint density at radius 2 is 1.88 bits per heavy atom. The topological polar surface area (TPSA) is 97.7 Å². The highest BCUT2D eigenvalue weighted by molar-refractivity contribution is 6.11. The number of anilines is 2. The van der Waals surface area contributed by atoms with E-state index in [1.807, 2.05) is 0 Å². The lowest BCUT2D eigenvalue weighted by molar-refractivity contribution is -0.154. The van der Waals surface area contributed by atoms with Crippen molar-refractivity contribution in [1.82, 2.24) is 4.57 Å². The fourth-order valence-electron chi connectivity index (χ4n) is 2.66. The summed E-state index contributed by atoms with van der Waals surface area (Å²) >= 11 is 0. The van der Waals surface area contributed by atoms with Crippen molar-refractivity contribution in [3.8, 4) is 0 Å². The Morgan fingerprint density at radius 1 is 1.15 bits per heavy atom. The monoisotopic (exact) mass is 355 g/mol. The minimum Gasteiger partial charge on any atom is -0.451 e. The van der Waals surface area contributed by atoms with Crippen LogP contribution in [-0.4, -0.2) is 35.0 Å². The molecule has 1 N–H and O–H groups in total. The third kappa shape index (κ3) is 3.64. The number of aromatic nitrogens is 1. The van der Waals surface area contributed by atoms with E-state index in [0.29, 0.717) is 11.4 Å². The number of fused-ring (bicyclic) bond motifs is 1. The van der Waals surface area contributed by atoms with Crippen LogP contribution in [0.25, 0.3) is 0 Å². The van der Waals surface area contributed by atoms with Crippen molar-refractivity contribution in [1.29, 1.82) is 0 Å². The molecule has 8 nitrogen and oxygen atoms in total. The molecule has 0 unspecified atom stereocenters. The summed E-state index contributed by atoms with van der Waals surface area (Å²) in [5.74, 6) is -1.55. The molecule has 0 fully saturated rings. The zero-order valence-electron chi connectivity index (χ0n) is 14.0. The third-order valence-electron chi connectivity index (χ3n) is 3.89. The number of carbonyl (C=O) groups is 3. The molecular weight excluding hydrogens is 338 g/mol. The van der Waals surface area contributed by atoms with Crippen LogP contribution in [0.2, 0.25) is 0 Å². The first kappa shape index (κ1) is 17.4. The smallest absolute Gasteiger partial charge is 0.326 e. The minimum absolute atomic E-state index is 0.157. The summed E-state index contributed by atoms with van der Waals surface area (Å²) in [5.41, 5.74) is 0.718. The SMILES string of the molecule is C[C@H](OC(=O)Cn1ccccc1=O)C(=O)N1CC(=O)Nc2ccccc21. The van der Waals surface area contributed by atoms with Gasteiger partial charge in [0.05, 0.1) is 11.4 Å². The molecule has 0 saturated carbocycles. The van der Waals surface area contributed by atoms with Crippen molar-refractivity contribution in [2.75, 3.05) is 16.8 Å². The molecule has 1 aromatic heterocycles. The average molecular weight is 355 g/mol. The second-order valence-corrected chi connectivity index (χ2v) is 5.79. The molecule has 0 aliphatic carbocycles. The largest absolute Gasteiger partial charge is 0.451 e. The molecule has 8 heteroatoms. The summed E-state index contributed by atoms with van der Waals surface area (Å²) in [6, 6.07) is 11.4. The molecule has 0 bridgehead atoms. The number of ether oxygens (including phenoxy) is 1. The number of pyridine rings is 1. The first-order valence-electron chi connectivity index (χ1n) is 8.01. The highest BCUT2D eigenvalue weighted by atomic mass is 16.5. The number of hydrogen-bond acceptors (Lipinski definition) is 5. The van der Waals surface area contributed by atoms with Crippen molar-refractivity contribution >= 4 is 29.2 Å². The Balaban J connectivity index is 1.70. The maximum absolute atomic E-state index is 12.7. The average Bonchev–Trinajstić information content (AvgIpc) is 2.62. The van der Waals surface area contributed by atoms with E-state index in [9.17, 15) is 19.2 Å². The predicted octanol–water partition coefficient (Wildman–Crippen LogP) is 0.765. The molecule has 2 amide bonds. The quantitative estimate of drug-likeness (QED) is 0.817. The summed E-state index contributed by atoms with van der Waals surface area (Å²) < 4.78 is 6.34. The van der Waals surface area contributed by atoms with Gasteiger partial charge in [0.25, 0.3) is 11.5 Å². The molecule has 0 saturated heterocycles. The van der Waals surface area contributed by atoms with Gasteiger partial charge in [-0.25, -0.2) is 0 Å². The van der Waals surface area contributed by atoms with Gasteiger partial charge in [-0.1, -0.05) is 18.2 Å². The summed E-state index contributed by atoms with van der Waals surface area (Å²) in [5, 5.41) is 2.68. The number of nitrogens with one attached hydrogen (secondary N) is 1. The van der Waals surface area contributed by atoms with Gasteiger partial charge in [0.2, 0.25) is 5.91 Å². The van der Waals surface area contributed by atoms with Crippen LogP contribution < -0.4 is 15.8 Å². The minimum atomic E-state index is -1.10. The van der Waals surface area contributed by atoms with E-state index in [0.717, 1.165) is 0 Å². The van der Waals surface area contributed by atoms with Gasteiger partial charge in [0, 0.05) is 12.3 Å². The van der Waals surface area contributed by atoms with E-state index in [1.54, 1.807) is 36.4 Å². The number of benzene rings is 1. The van der Waals surface area contributed by atoms with Crippen LogP contribution in [0.4, 0.5) is 11.4 Å². The fourth-order valence-corrected chi connectivity index (χ4v) is 2.66. The van der Waals surface area contributed by atoms with Crippen LogP contribution in [0.1, 0.15) is 6.92 Å². The highest BCUT2D eigenvalue weighted by Gasteiger charge is 2.31. The van der Waals surface area contributed by atoms with Gasteiger partial charge in [0.1, 0.15) is 13.1 Å². The number of nitrogens with zero attached hydrogens (tertiary/aromatic N) is 2.